The van der Waals surface area contributed by atoms with E-state index < -0.39 is 0 Å². The van der Waals surface area contributed by atoms with Gasteiger partial charge in [0.25, 0.3) is 5.91 Å². The topological polar surface area (TPSA) is 69.0 Å². The molecule has 0 atom stereocenters. The lowest BCUT2D eigenvalue weighted by molar-refractivity contribution is 0.0952. The fraction of sp³-hybridized carbons (Fsp3) is 0.227. The van der Waals surface area contributed by atoms with Crippen LogP contribution in [0, 0.1) is 6.92 Å². The van der Waals surface area contributed by atoms with E-state index in [9.17, 15) is 4.79 Å². The number of benzene rings is 1. The van der Waals surface area contributed by atoms with Gasteiger partial charge in [-0.05, 0) is 35.6 Å². The van der Waals surface area contributed by atoms with Gasteiger partial charge in [-0.3, -0.25) is 4.79 Å². The molecular formula is C22H22N4O2S. The number of nitrogens with one attached hydrogen (secondary N) is 1. The molecule has 0 aliphatic rings. The number of ether oxygens (including phenoxy) is 1. The van der Waals surface area contributed by atoms with Crippen LogP contribution in [0.4, 0.5) is 0 Å². The minimum Gasteiger partial charge on any atom is -0.380 e. The Balaban J connectivity index is 1.56. The van der Waals surface area contributed by atoms with Crippen LogP contribution in [0.5, 0.6) is 0 Å². The first-order chi connectivity index (χ1) is 14.1. The molecule has 4 aromatic rings. The minimum atomic E-state index is -0.131. The summed E-state index contributed by atoms with van der Waals surface area (Å²) in [5.74, 6) is -0.131. The van der Waals surface area contributed by atoms with Crippen LogP contribution >= 0.6 is 11.3 Å². The molecule has 0 saturated heterocycles. The van der Waals surface area contributed by atoms with Gasteiger partial charge in [0.05, 0.1) is 30.3 Å². The second-order valence-corrected chi connectivity index (χ2v) is 7.90. The highest BCUT2D eigenvalue weighted by Gasteiger charge is 2.16. The molecule has 6 nitrogen and oxygen atoms in total. The third kappa shape index (κ3) is 4.36. The number of nitrogens with zero attached hydrogens (tertiary/aromatic N) is 3. The second kappa shape index (κ2) is 8.55. The van der Waals surface area contributed by atoms with Gasteiger partial charge in [-0.2, -0.15) is 5.10 Å². The summed E-state index contributed by atoms with van der Waals surface area (Å²) >= 11 is 1.68. The Morgan fingerprint density at radius 2 is 2.07 bits per heavy atom. The standard InChI is InChI=1S/C22H22N4O2S/c1-15-9-19(22(27)23-11-16-5-3-6-17(10-16)14-28-2)20-12-24-26(21(20)25-15)13-18-7-4-8-29-18/h3-10,12H,11,13-14H2,1-2H3,(H,23,27). The van der Waals surface area contributed by atoms with Gasteiger partial charge in [-0.15, -0.1) is 11.3 Å². The van der Waals surface area contributed by atoms with Gasteiger partial charge in [-0.25, -0.2) is 9.67 Å². The zero-order valence-electron chi connectivity index (χ0n) is 16.4. The van der Waals surface area contributed by atoms with E-state index in [1.807, 2.05) is 53.4 Å². The van der Waals surface area contributed by atoms with Gasteiger partial charge in [0.2, 0.25) is 0 Å². The Morgan fingerprint density at radius 1 is 1.21 bits per heavy atom. The molecule has 4 rings (SSSR count). The van der Waals surface area contributed by atoms with Crippen molar-refractivity contribution in [1.29, 1.82) is 0 Å². The highest BCUT2D eigenvalue weighted by molar-refractivity contribution is 7.09. The lowest BCUT2D eigenvalue weighted by Gasteiger charge is -2.09. The highest BCUT2D eigenvalue weighted by Crippen LogP contribution is 2.20. The number of methoxy groups -OCH3 is 1. The zero-order valence-corrected chi connectivity index (χ0v) is 17.2. The summed E-state index contributed by atoms with van der Waals surface area (Å²) in [6, 6.07) is 13.9. The fourth-order valence-corrected chi connectivity index (χ4v) is 3.99. The molecule has 0 bridgehead atoms. The highest BCUT2D eigenvalue weighted by atomic mass is 32.1. The van der Waals surface area contributed by atoms with Crippen molar-refractivity contribution in [3.63, 3.8) is 0 Å². The smallest absolute Gasteiger partial charge is 0.252 e. The number of hydrogen-bond donors (Lipinski definition) is 1. The molecule has 1 aromatic carbocycles. The molecule has 0 fully saturated rings. The summed E-state index contributed by atoms with van der Waals surface area (Å²) in [5, 5.41) is 10.3. The maximum Gasteiger partial charge on any atom is 0.252 e. The van der Waals surface area contributed by atoms with E-state index >= 15 is 0 Å². The first-order valence-electron chi connectivity index (χ1n) is 9.34. The predicted molar refractivity (Wildman–Crippen MR) is 114 cm³/mol. The van der Waals surface area contributed by atoms with Crippen LogP contribution in [0.3, 0.4) is 0 Å². The molecule has 3 aromatic heterocycles. The van der Waals surface area contributed by atoms with E-state index in [0.29, 0.717) is 25.3 Å². The number of aryl methyl sites for hydroxylation is 1. The van der Waals surface area contributed by atoms with Crippen molar-refractivity contribution in [2.24, 2.45) is 0 Å². The quantitative estimate of drug-likeness (QED) is 0.505. The number of thiophene rings is 1. The molecule has 148 valence electrons. The maximum atomic E-state index is 12.9. The summed E-state index contributed by atoms with van der Waals surface area (Å²) in [6.45, 7) is 3.54. The van der Waals surface area contributed by atoms with E-state index in [1.165, 1.54) is 4.88 Å². The van der Waals surface area contributed by atoms with Gasteiger partial charge in [0.1, 0.15) is 0 Å². The van der Waals surface area contributed by atoms with E-state index in [0.717, 1.165) is 27.9 Å². The molecular weight excluding hydrogens is 384 g/mol. The van der Waals surface area contributed by atoms with Crippen LogP contribution in [-0.4, -0.2) is 27.8 Å². The van der Waals surface area contributed by atoms with E-state index in [4.69, 9.17) is 4.74 Å². The first kappa shape index (κ1) is 19.3. The lowest BCUT2D eigenvalue weighted by atomic mass is 10.1. The summed E-state index contributed by atoms with van der Waals surface area (Å²) < 4.78 is 7.02. The zero-order chi connectivity index (χ0) is 20.2. The normalized spacial score (nSPS) is 11.1. The lowest BCUT2D eigenvalue weighted by Crippen LogP contribution is -2.23. The van der Waals surface area contributed by atoms with Gasteiger partial charge in [0.15, 0.2) is 5.65 Å². The Bertz CT molecular complexity index is 1140. The SMILES string of the molecule is COCc1cccc(CNC(=O)c2cc(C)nc3c2cnn3Cc2cccs2)c1. The Kier molecular flexibility index (Phi) is 5.69. The number of rotatable bonds is 7. The number of aromatic nitrogens is 3. The van der Waals surface area contributed by atoms with Crippen molar-refractivity contribution >= 4 is 28.3 Å². The largest absolute Gasteiger partial charge is 0.380 e. The molecule has 1 amide bonds. The summed E-state index contributed by atoms with van der Waals surface area (Å²) in [7, 11) is 1.67. The fourth-order valence-electron chi connectivity index (χ4n) is 3.30. The third-order valence-electron chi connectivity index (χ3n) is 4.62. The molecule has 7 heteroatoms. The Morgan fingerprint density at radius 3 is 2.86 bits per heavy atom. The van der Waals surface area contributed by atoms with Crippen molar-refractivity contribution in [2.75, 3.05) is 7.11 Å². The van der Waals surface area contributed by atoms with Crippen LogP contribution in [0.25, 0.3) is 11.0 Å². The number of pyridine rings is 1. The second-order valence-electron chi connectivity index (χ2n) is 6.87. The molecule has 0 saturated carbocycles. The number of hydrogen-bond acceptors (Lipinski definition) is 5. The molecule has 0 spiro atoms. The number of amides is 1. The molecule has 0 radical (unpaired) electrons. The molecule has 1 N–H and O–H groups in total. The maximum absolute atomic E-state index is 12.9. The average molecular weight is 407 g/mol. The van der Waals surface area contributed by atoms with Crippen molar-refractivity contribution in [1.82, 2.24) is 20.1 Å². The number of fused-ring (bicyclic) bond motifs is 1. The van der Waals surface area contributed by atoms with Crippen LogP contribution in [0.1, 0.15) is 32.1 Å². The first-order valence-corrected chi connectivity index (χ1v) is 10.2. The summed E-state index contributed by atoms with van der Waals surface area (Å²) in [4.78, 5) is 18.7. The van der Waals surface area contributed by atoms with Gasteiger partial charge in [-0.1, -0.05) is 30.3 Å². The van der Waals surface area contributed by atoms with Gasteiger partial charge < -0.3 is 10.1 Å². The Hall–Kier alpha value is -3.03. The van der Waals surface area contributed by atoms with Crippen molar-refractivity contribution in [3.05, 3.63) is 81.3 Å². The monoisotopic (exact) mass is 406 g/mol. The summed E-state index contributed by atoms with van der Waals surface area (Å²) in [6.07, 6.45) is 1.73. The number of carbonyl (C=O) groups excluding carboxylic acids is 1. The van der Waals surface area contributed by atoms with Gasteiger partial charge >= 0.3 is 0 Å². The molecule has 29 heavy (non-hydrogen) atoms. The van der Waals surface area contributed by atoms with Crippen LogP contribution in [0.15, 0.2) is 54.0 Å². The number of carbonyl (C=O) groups is 1. The van der Waals surface area contributed by atoms with Crippen molar-refractivity contribution in [2.45, 2.75) is 26.6 Å². The Labute approximate surface area is 173 Å². The molecule has 0 unspecified atom stereocenters. The molecule has 0 aliphatic carbocycles. The predicted octanol–water partition coefficient (Wildman–Crippen LogP) is 3.93. The van der Waals surface area contributed by atoms with Crippen LogP contribution in [-0.2, 0) is 24.4 Å². The summed E-state index contributed by atoms with van der Waals surface area (Å²) in [5.41, 5.74) is 4.22. The third-order valence-corrected chi connectivity index (χ3v) is 5.48. The average Bonchev–Trinajstić information content (AvgIpc) is 3.37. The van der Waals surface area contributed by atoms with Crippen molar-refractivity contribution in [3.8, 4) is 0 Å². The van der Waals surface area contributed by atoms with Crippen LogP contribution in [0.2, 0.25) is 0 Å². The van der Waals surface area contributed by atoms with E-state index in [1.54, 1.807) is 24.6 Å². The van der Waals surface area contributed by atoms with E-state index in [-0.39, 0.29) is 5.91 Å². The van der Waals surface area contributed by atoms with Gasteiger partial charge in [0, 0.05) is 24.2 Å². The molecule has 3 heterocycles. The van der Waals surface area contributed by atoms with Crippen LogP contribution < -0.4 is 5.32 Å². The molecule has 0 aliphatic heterocycles. The van der Waals surface area contributed by atoms with E-state index in [2.05, 4.69) is 21.5 Å². The van der Waals surface area contributed by atoms with Crippen molar-refractivity contribution < 1.29 is 9.53 Å². The minimum absolute atomic E-state index is 0.131.